The van der Waals surface area contributed by atoms with Crippen LogP contribution in [0.2, 0.25) is 0 Å². The summed E-state index contributed by atoms with van der Waals surface area (Å²) in [5.74, 6) is 1.05. The molecule has 0 aromatic heterocycles. The first-order valence-corrected chi connectivity index (χ1v) is 6.89. The number of halogens is 1. The zero-order valence-corrected chi connectivity index (χ0v) is 13.2. The molecule has 2 rings (SSSR count). The summed E-state index contributed by atoms with van der Waals surface area (Å²) in [5.41, 5.74) is 2.10. The molecule has 0 fully saturated rings. The fourth-order valence-corrected chi connectivity index (χ4v) is 2.62. The van der Waals surface area contributed by atoms with E-state index in [1.54, 1.807) is 19.2 Å². The van der Waals surface area contributed by atoms with Gasteiger partial charge in [-0.25, -0.2) is 0 Å². The van der Waals surface area contributed by atoms with Gasteiger partial charge in [-0.2, -0.15) is 0 Å². The third-order valence-corrected chi connectivity index (χ3v) is 3.73. The smallest absolute Gasteiger partial charge is 0.198 e. The molecule has 20 heavy (non-hydrogen) atoms. The van der Waals surface area contributed by atoms with Crippen molar-refractivity contribution in [3.8, 4) is 11.5 Å². The lowest BCUT2D eigenvalue weighted by molar-refractivity contribution is 0.103. The van der Waals surface area contributed by atoms with Gasteiger partial charge in [0.25, 0.3) is 0 Å². The molecule has 2 aromatic rings. The molecule has 0 radical (unpaired) electrons. The third-order valence-electron chi connectivity index (χ3n) is 3.10. The van der Waals surface area contributed by atoms with Gasteiger partial charge >= 0.3 is 0 Å². The van der Waals surface area contributed by atoms with Crippen LogP contribution in [0.15, 0.2) is 40.9 Å². The number of ketones is 1. The van der Waals surface area contributed by atoms with E-state index in [9.17, 15) is 4.79 Å². The number of hydrogen-bond donors (Lipinski definition) is 0. The van der Waals surface area contributed by atoms with Crippen molar-refractivity contribution in [2.24, 2.45) is 0 Å². The summed E-state index contributed by atoms with van der Waals surface area (Å²) in [6.07, 6.45) is 0. The minimum Gasteiger partial charge on any atom is -0.497 e. The lowest BCUT2D eigenvalue weighted by Gasteiger charge is -2.13. The first-order chi connectivity index (χ1) is 9.58. The topological polar surface area (TPSA) is 35.5 Å². The molecule has 0 saturated carbocycles. The quantitative estimate of drug-likeness (QED) is 0.792. The zero-order valence-electron chi connectivity index (χ0n) is 11.6. The molecular formula is C16H15BrO3. The Morgan fingerprint density at radius 2 is 1.80 bits per heavy atom. The van der Waals surface area contributed by atoms with Crippen LogP contribution in [-0.4, -0.2) is 20.0 Å². The van der Waals surface area contributed by atoms with Gasteiger partial charge < -0.3 is 9.47 Å². The molecule has 0 N–H and O–H groups in total. The number of hydrogen-bond acceptors (Lipinski definition) is 3. The highest BCUT2D eigenvalue weighted by molar-refractivity contribution is 9.10. The van der Waals surface area contributed by atoms with E-state index in [0.717, 1.165) is 5.56 Å². The van der Waals surface area contributed by atoms with Crippen molar-refractivity contribution in [3.05, 3.63) is 57.6 Å². The van der Waals surface area contributed by atoms with Crippen molar-refractivity contribution >= 4 is 21.7 Å². The SMILES string of the molecule is COc1cc(Br)c(C(=O)c2ccccc2C)c(OC)c1. The maximum absolute atomic E-state index is 12.7. The molecule has 0 aliphatic heterocycles. The highest BCUT2D eigenvalue weighted by atomic mass is 79.9. The van der Waals surface area contributed by atoms with E-state index in [1.165, 1.54) is 7.11 Å². The molecular weight excluding hydrogens is 320 g/mol. The number of methoxy groups -OCH3 is 2. The van der Waals surface area contributed by atoms with Crippen LogP contribution in [0.25, 0.3) is 0 Å². The number of benzene rings is 2. The Labute approximate surface area is 126 Å². The summed E-state index contributed by atoms with van der Waals surface area (Å²) in [5, 5.41) is 0. The average molecular weight is 335 g/mol. The number of carbonyl (C=O) groups excluding carboxylic acids is 1. The minimum absolute atomic E-state index is 0.0746. The van der Waals surface area contributed by atoms with Crippen LogP contribution in [0.3, 0.4) is 0 Å². The number of ether oxygens (including phenoxy) is 2. The largest absolute Gasteiger partial charge is 0.497 e. The van der Waals surface area contributed by atoms with Crippen LogP contribution >= 0.6 is 15.9 Å². The molecule has 0 saturated heterocycles. The predicted octanol–water partition coefficient (Wildman–Crippen LogP) is 4.01. The molecule has 0 atom stereocenters. The molecule has 0 spiro atoms. The Hall–Kier alpha value is -1.81. The van der Waals surface area contributed by atoms with Crippen LogP contribution in [0.1, 0.15) is 21.5 Å². The summed E-state index contributed by atoms with van der Waals surface area (Å²) in [6.45, 7) is 1.91. The highest BCUT2D eigenvalue weighted by Crippen LogP contribution is 2.34. The second kappa shape index (κ2) is 6.09. The van der Waals surface area contributed by atoms with Crippen molar-refractivity contribution in [3.63, 3.8) is 0 Å². The van der Waals surface area contributed by atoms with Gasteiger partial charge in [0.1, 0.15) is 11.5 Å². The number of carbonyl (C=O) groups is 1. The minimum atomic E-state index is -0.0746. The molecule has 0 bridgehead atoms. The van der Waals surface area contributed by atoms with E-state index in [2.05, 4.69) is 15.9 Å². The Morgan fingerprint density at radius 3 is 2.40 bits per heavy atom. The summed E-state index contributed by atoms with van der Waals surface area (Å²) in [4.78, 5) is 12.7. The first-order valence-electron chi connectivity index (χ1n) is 6.10. The molecule has 0 amide bonds. The summed E-state index contributed by atoms with van der Waals surface area (Å²) < 4.78 is 11.2. The van der Waals surface area contributed by atoms with Crippen molar-refractivity contribution in [1.29, 1.82) is 0 Å². The zero-order chi connectivity index (χ0) is 14.7. The van der Waals surface area contributed by atoms with E-state index in [-0.39, 0.29) is 5.78 Å². The summed E-state index contributed by atoms with van der Waals surface area (Å²) >= 11 is 3.42. The van der Waals surface area contributed by atoms with Crippen LogP contribution in [0.4, 0.5) is 0 Å². The standard InChI is InChI=1S/C16H15BrO3/c1-10-6-4-5-7-12(10)16(18)15-13(17)8-11(19-2)9-14(15)20-3/h4-9H,1-3H3. The molecule has 0 aliphatic rings. The fraction of sp³-hybridized carbons (Fsp3) is 0.188. The van der Waals surface area contributed by atoms with Gasteiger partial charge in [0.2, 0.25) is 0 Å². The Kier molecular flexibility index (Phi) is 4.45. The maximum atomic E-state index is 12.7. The molecule has 4 heteroatoms. The Balaban J connectivity index is 2.58. The van der Waals surface area contributed by atoms with Gasteiger partial charge in [0.15, 0.2) is 5.78 Å². The highest BCUT2D eigenvalue weighted by Gasteiger charge is 2.20. The normalized spacial score (nSPS) is 10.2. The van der Waals surface area contributed by atoms with E-state index < -0.39 is 0 Å². The maximum Gasteiger partial charge on any atom is 0.198 e. The van der Waals surface area contributed by atoms with E-state index in [4.69, 9.17) is 9.47 Å². The Bertz CT molecular complexity index is 650. The summed E-state index contributed by atoms with van der Waals surface area (Å²) in [7, 11) is 3.11. The van der Waals surface area contributed by atoms with Crippen molar-refractivity contribution in [2.75, 3.05) is 14.2 Å². The first kappa shape index (κ1) is 14.6. The van der Waals surface area contributed by atoms with Crippen LogP contribution < -0.4 is 9.47 Å². The van der Waals surface area contributed by atoms with Crippen LogP contribution in [0, 0.1) is 6.92 Å². The summed E-state index contributed by atoms with van der Waals surface area (Å²) in [6, 6.07) is 11.0. The average Bonchev–Trinajstić information content (AvgIpc) is 2.46. The lowest BCUT2D eigenvalue weighted by Crippen LogP contribution is -2.07. The van der Waals surface area contributed by atoms with Crippen molar-refractivity contribution in [2.45, 2.75) is 6.92 Å². The number of aryl methyl sites for hydroxylation is 1. The van der Waals surface area contributed by atoms with Gasteiger partial charge in [0, 0.05) is 16.1 Å². The lowest BCUT2D eigenvalue weighted by atomic mass is 9.98. The number of rotatable bonds is 4. The molecule has 0 unspecified atom stereocenters. The molecule has 0 aliphatic carbocycles. The molecule has 104 valence electrons. The van der Waals surface area contributed by atoms with Crippen LogP contribution in [0.5, 0.6) is 11.5 Å². The van der Waals surface area contributed by atoms with E-state index >= 15 is 0 Å². The van der Waals surface area contributed by atoms with Gasteiger partial charge in [-0.3, -0.25) is 4.79 Å². The third kappa shape index (κ3) is 2.70. The Morgan fingerprint density at radius 1 is 1.10 bits per heavy atom. The van der Waals surface area contributed by atoms with Crippen LogP contribution in [-0.2, 0) is 0 Å². The molecule has 0 heterocycles. The van der Waals surface area contributed by atoms with E-state index in [1.807, 2.05) is 31.2 Å². The second-order valence-electron chi connectivity index (χ2n) is 4.33. The van der Waals surface area contributed by atoms with Gasteiger partial charge in [-0.05, 0) is 34.5 Å². The second-order valence-corrected chi connectivity index (χ2v) is 5.18. The van der Waals surface area contributed by atoms with E-state index in [0.29, 0.717) is 27.1 Å². The predicted molar refractivity (Wildman–Crippen MR) is 81.9 cm³/mol. The molecule has 3 nitrogen and oxygen atoms in total. The molecule has 2 aromatic carbocycles. The van der Waals surface area contributed by atoms with Crippen molar-refractivity contribution in [1.82, 2.24) is 0 Å². The fourth-order valence-electron chi connectivity index (χ4n) is 2.02. The monoisotopic (exact) mass is 334 g/mol. The van der Waals surface area contributed by atoms with Gasteiger partial charge in [0.05, 0.1) is 19.8 Å². The van der Waals surface area contributed by atoms with Crippen molar-refractivity contribution < 1.29 is 14.3 Å². The van der Waals surface area contributed by atoms with Gasteiger partial charge in [-0.1, -0.05) is 24.3 Å². The van der Waals surface area contributed by atoms with Gasteiger partial charge in [-0.15, -0.1) is 0 Å².